The van der Waals surface area contributed by atoms with Gasteiger partial charge in [0.2, 0.25) is 0 Å². The molecule has 0 radical (unpaired) electrons. The summed E-state index contributed by atoms with van der Waals surface area (Å²) >= 11 is 11.9. The van der Waals surface area contributed by atoms with E-state index in [9.17, 15) is 0 Å². The highest BCUT2D eigenvalue weighted by Gasteiger charge is 2.26. The number of allylic oxidation sites excluding steroid dienone is 2. The zero-order valence-corrected chi connectivity index (χ0v) is 6.97. The van der Waals surface area contributed by atoms with Crippen molar-refractivity contribution in [1.82, 2.24) is 0 Å². The Hall–Kier alpha value is 0.320. The van der Waals surface area contributed by atoms with Gasteiger partial charge in [-0.2, -0.15) is 0 Å². The first kappa shape index (κ1) is 7.43. The van der Waals surface area contributed by atoms with Gasteiger partial charge in [0.25, 0.3) is 0 Å². The molecule has 1 aliphatic carbocycles. The fraction of sp³-hybridized carbons (Fsp3) is 0.714. The second-order valence-electron chi connectivity index (χ2n) is 2.64. The Morgan fingerprint density at radius 2 is 2.33 bits per heavy atom. The van der Waals surface area contributed by atoms with Crippen LogP contribution in [0.5, 0.6) is 0 Å². The van der Waals surface area contributed by atoms with E-state index in [-0.39, 0.29) is 4.87 Å². The van der Waals surface area contributed by atoms with Crippen LogP contribution in [0.4, 0.5) is 0 Å². The van der Waals surface area contributed by atoms with Crippen molar-refractivity contribution in [3.05, 3.63) is 11.1 Å². The second-order valence-corrected chi connectivity index (χ2v) is 3.88. The van der Waals surface area contributed by atoms with Gasteiger partial charge < -0.3 is 0 Å². The summed E-state index contributed by atoms with van der Waals surface area (Å²) in [6.07, 6.45) is 5.26. The summed E-state index contributed by atoms with van der Waals surface area (Å²) in [6.45, 7) is 1.96. The Morgan fingerprint density at radius 1 is 1.67 bits per heavy atom. The maximum atomic E-state index is 6.02. The lowest BCUT2D eigenvalue weighted by Crippen LogP contribution is -2.19. The van der Waals surface area contributed by atoms with Gasteiger partial charge in [-0.1, -0.05) is 17.7 Å². The molecule has 0 saturated carbocycles. The van der Waals surface area contributed by atoms with E-state index in [0.717, 1.165) is 24.3 Å². The van der Waals surface area contributed by atoms with Gasteiger partial charge >= 0.3 is 0 Å². The fourth-order valence-corrected chi connectivity index (χ4v) is 1.41. The third-order valence-electron chi connectivity index (χ3n) is 1.67. The van der Waals surface area contributed by atoms with Crippen LogP contribution in [0, 0.1) is 0 Å². The molecule has 1 unspecified atom stereocenters. The molecular weight excluding hydrogens is 155 g/mol. The summed E-state index contributed by atoms with van der Waals surface area (Å²) in [4.78, 5) is -0.264. The summed E-state index contributed by atoms with van der Waals surface area (Å²) in [5.41, 5.74) is 0. The number of rotatable bonds is 0. The van der Waals surface area contributed by atoms with Gasteiger partial charge in [-0.3, -0.25) is 0 Å². The monoisotopic (exact) mass is 164 g/mol. The SMILES string of the molecule is CC1(Cl)CCCC=C1Cl. The van der Waals surface area contributed by atoms with E-state index in [0.29, 0.717) is 0 Å². The molecule has 0 aromatic carbocycles. The van der Waals surface area contributed by atoms with Gasteiger partial charge in [0.05, 0.1) is 4.87 Å². The van der Waals surface area contributed by atoms with Crippen molar-refractivity contribution in [2.75, 3.05) is 0 Å². The molecule has 1 atom stereocenters. The highest BCUT2D eigenvalue weighted by molar-refractivity contribution is 6.39. The maximum Gasteiger partial charge on any atom is 0.0769 e. The zero-order chi connectivity index (χ0) is 6.91. The first-order chi connectivity index (χ1) is 4.13. The summed E-state index contributed by atoms with van der Waals surface area (Å²) in [7, 11) is 0. The van der Waals surface area contributed by atoms with E-state index < -0.39 is 0 Å². The first-order valence-electron chi connectivity index (χ1n) is 3.18. The Bertz CT molecular complexity index is 136. The van der Waals surface area contributed by atoms with Gasteiger partial charge in [0.1, 0.15) is 0 Å². The Kier molecular flexibility index (Phi) is 2.07. The van der Waals surface area contributed by atoms with E-state index >= 15 is 0 Å². The van der Waals surface area contributed by atoms with Crippen LogP contribution < -0.4 is 0 Å². The van der Waals surface area contributed by atoms with Crippen LogP contribution in [0.1, 0.15) is 26.2 Å². The molecule has 0 fully saturated rings. The van der Waals surface area contributed by atoms with Crippen molar-refractivity contribution < 1.29 is 0 Å². The molecule has 0 N–H and O–H groups in total. The van der Waals surface area contributed by atoms with Crippen molar-refractivity contribution >= 4 is 23.2 Å². The second kappa shape index (κ2) is 2.51. The molecule has 0 spiro atoms. The summed E-state index contributed by atoms with van der Waals surface area (Å²) in [6, 6.07) is 0. The van der Waals surface area contributed by atoms with Crippen LogP contribution in [-0.4, -0.2) is 4.87 Å². The largest absolute Gasteiger partial charge is 0.113 e. The normalized spacial score (nSPS) is 36.1. The molecule has 0 saturated heterocycles. The quantitative estimate of drug-likeness (QED) is 0.483. The lowest BCUT2D eigenvalue weighted by molar-refractivity contribution is 0.606. The van der Waals surface area contributed by atoms with Crippen molar-refractivity contribution in [2.45, 2.75) is 31.1 Å². The van der Waals surface area contributed by atoms with Crippen LogP contribution in [0.25, 0.3) is 0 Å². The molecular formula is C7H10Cl2. The molecule has 0 amide bonds. The van der Waals surface area contributed by atoms with E-state index in [4.69, 9.17) is 23.2 Å². The topological polar surface area (TPSA) is 0 Å². The van der Waals surface area contributed by atoms with Crippen molar-refractivity contribution in [3.63, 3.8) is 0 Å². The molecule has 0 aliphatic heterocycles. The molecule has 0 aromatic rings. The van der Waals surface area contributed by atoms with E-state index in [1.54, 1.807) is 0 Å². The number of alkyl halides is 1. The molecule has 0 heterocycles. The number of hydrogen-bond donors (Lipinski definition) is 0. The van der Waals surface area contributed by atoms with E-state index in [1.165, 1.54) is 0 Å². The molecule has 0 aromatic heterocycles. The third kappa shape index (κ3) is 1.62. The van der Waals surface area contributed by atoms with Crippen LogP contribution in [-0.2, 0) is 0 Å². The molecule has 0 bridgehead atoms. The average molecular weight is 165 g/mol. The highest BCUT2D eigenvalue weighted by atomic mass is 35.5. The lowest BCUT2D eigenvalue weighted by atomic mass is 9.97. The maximum absolute atomic E-state index is 6.02. The molecule has 9 heavy (non-hydrogen) atoms. The molecule has 0 nitrogen and oxygen atoms in total. The Morgan fingerprint density at radius 3 is 2.67 bits per heavy atom. The minimum absolute atomic E-state index is 0.264. The number of halogens is 2. The standard InChI is InChI=1S/C7H10Cl2/c1-7(9)5-3-2-4-6(7)8/h4H,2-3,5H2,1H3. The van der Waals surface area contributed by atoms with Gasteiger partial charge in [-0.15, -0.1) is 11.6 Å². The van der Waals surface area contributed by atoms with Crippen molar-refractivity contribution in [1.29, 1.82) is 0 Å². The third-order valence-corrected chi connectivity index (χ3v) is 2.73. The van der Waals surface area contributed by atoms with Gasteiger partial charge in [0, 0.05) is 5.03 Å². The highest BCUT2D eigenvalue weighted by Crippen LogP contribution is 2.36. The Balaban J connectivity index is 2.73. The molecule has 52 valence electrons. The van der Waals surface area contributed by atoms with Crippen molar-refractivity contribution in [2.24, 2.45) is 0 Å². The lowest BCUT2D eigenvalue weighted by Gasteiger charge is -2.24. The first-order valence-corrected chi connectivity index (χ1v) is 3.93. The number of hydrogen-bond acceptors (Lipinski definition) is 0. The molecule has 2 heteroatoms. The van der Waals surface area contributed by atoms with Gasteiger partial charge in [-0.25, -0.2) is 0 Å². The zero-order valence-electron chi connectivity index (χ0n) is 5.45. The predicted octanol–water partition coefficient (Wildman–Crippen LogP) is 3.29. The van der Waals surface area contributed by atoms with Gasteiger partial charge in [-0.05, 0) is 26.2 Å². The van der Waals surface area contributed by atoms with Gasteiger partial charge in [0.15, 0.2) is 0 Å². The summed E-state index contributed by atoms with van der Waals surface area (Å²) < 4.78 is 0. The van der Waals surface area contributed by atoms with E-state index in [2.05, 4.69) is 0 Å². The van der Waals surface area contributed by atoms with Crippen molar-refractivity contribution in [3.8, 4) is 0 Å². The van der Waals surface area contributed by atoms with Crippen LogP contribution in [0.15, 0.2) is 11.1 Å². The van der Waals surface area contributed by atoms with Crippen LogP contribution in [0.2, 0.25) is 0 Å². The average Bonchev–Trinajstić information content (AvgIpc) is 1.77. The molecule has 1 aliphatic rings. The minimum atomic E-state index is -0.264. The summed E-state index contributed by atoms with van der Waals surface area (Å²) in [5.74, 6) is 0. The predicted molar refractivity (Wildman–Crippen MR) is 42.0 cm³/mol. The summed E-state index contributed by atoms with van der Waals surface area (Å²) in [5, 5.41) is 0.815. The van der Waals surface area contributed by atoms with Crippen LogP contribution >= 0.6 is 23.2 Å². The fourth-order valence-electron chi connectivity index (χ4n) is 0.995. The van der Waals surface area contributed by atoms with E-state index in [1.807, 2.05) is 13.0 Å². The Labute approximate surface area is 65.8 Å². The molecule has 1 rings (SSSR count). The minimum Gasteiger partial charge on any atom is -0.113 e. The smallest absolute Gasteiger partial charge is 0.0769 e. The van der Waals surface area contributed by atoms with Crippen LogP contribution in [0.3, 0.4) is 0 Å².